The molecule has 0 heterocycles. The minimum atomic E-state index is -0.439. The first-order valence-corrected chi connectivity index (χ1v) is 13.1. The van der Waals surface area contributed by atoms with Gasteiger partial charge in [-0.05, 0) is 123 Å². The van der Waals surface area contributed by atoms with Crippen LogP contribution >= 0.6 is 0 Å². The summed E-state index contributed by atoms with van der Waals surface area (Å²) in [6.07, 6.45) is 3.87. The number of esters is 2. The fourth-order valence-corrected chi connectivity index (χ4v) is 3.72. The van der Waals surface area contributed by atoms with Crippen molar-refractivity contribution in [2.24, 2.45) is 0 Å². The number of hydrogen-bond donors (Lipinski definition) is 2. The number of rotatable bonds is 13. The van der Waals surface area contributed by atoms with Crippen LogP contribution in [0.4, 0.5) is 11.4 Å². The molecule has 0 aliphatic rings. The third kappa shape index (κ3) is 8.80. The monoisotopic (exact) mass is 540 g/mol. The number of benzene rings is 4. The van der Waals surface area contributed by atoms with Crippen molar-refractivity contribution in [1.29, 1.82) is 0 Å². The molecule has 0 radical (unpaired) electrons. The molecule has 0 amide bonds. The Bertz CT molecular complexity index is 1260. The maximum absolute atomic E-state index is 12.2. The van der Waals surface area contributed by atoms with E-state index in [2.05, 4.69) is 0 Å². The zero-order valence-corrected chi connectivity index (χ0v) is 22.1. The molecule has 0 bridgehead atoms. The first-order chi connectivity index (χ1) is 19.5. The molecule has 0 saturated carbocycles. The molecule has 4 aromatic carbocycles. The van der Waals surface area contributed by atoms with Crippen LogP contribution in [0.1, 0.15) is 46.4 Å². The molecule has 0 aromatic heterocycles. The highest BCUT2D eigenvalue weighted by Gasteiger charge is 2.09. The Morgan fingerprint density at radius 1 is 0.450 bits per heavy atom. The molecule has 8 heteroatoms. The van der Waals surface area contributed by atoms with E-state index in [4.69, 9.17) is 30.4 Å². The lowest BCUT2D eigenvalue weighted by Crippen LogP contribution is -2.08. The fourth-order valence-electron chi connectivity index (χ4n) is 3.72. The molecular formula is C32H32N2O6. The lowest BCUT2D eigenvalue weighted by Gasteiger charge is -2.09. The molecule has 0 aliphatic carbocycles. The van der Waals surface area contributed by atoms with Crippen LogP contribution in [-0.4, -0.2) is 25.2 Å². The number of carbonyl (C=O) groups is 2. The van der Waals surface area contributed by atoms with Crippen LogP contribution in [0.25, 0.3) is 0 Å². The summed E-state index contributed by atoms with van der Waals surface area (Å²) in [5, 5.41) is 0. The van der Waals surface area contributed by atoms with E-state index in [0.29, 0.717) is 47.2 Å². The molecule has 0 spiro atoms. The van der Waals surface area contributed by atoms with Crippen molar-refractivity contribution in [2.75, 3.05) is 24.7 Å². The Kier molecular flexibility index (Phi) is 9.99. The van der Waals surface area contributed by atoms with Crippen LogP contribution in [0.3, 0.4) is 0 Å². The molecule has 0 atom stereocenters. The number of unbranched alkanes of at least 4 members (excludes halogenated alkanes) is 3. The van der Waals surface area contributed by atoms with Gasteiger partial charge < -0.3 is 30.4 Å². The van der Waals surface area contributed by atoms with Crippen molar-refractivity contribution in [3.8, 4) is 23.0 Å². The van der Waals surface area contributed by atoms with E-state index in [9.17, 15) is 9.59 Å². The third-order valence-corrected chi connectivity index (χ3v) is 5.94. The summed E-state index contributed by atoms with van der Waals surface area (Å²) in [6, 6.07) is 27.1. The van der Waals surface area contributed by atoms with E-state index in [1.54, 1.807) is 97.1 Å². The van der Waals surface area contributed by atoms with Gasteiger partial charge in [0.1, 0.15) is 23.0 Å². The quantitative estimate of drug-likeness (QED) is 0.0876. The van der Waals surface area contributed by atoms with Gasteiger partial charge >= 0.3 is 11.9 Å². The third-order valence-electron chi connectivity index (χ3n) is 5.94. The van der Waals surface area contributed by atoms with Crippen LogP contribution in [0.5, 0.6) is 23.0 Å². The zero-order valence-electron chi connectivity index (χ0n) is 22.1. The van der Waals surface area contributed by atoms with Crippen molar-refractivity contribution in [3.05, 3.63) is 108 Å². The van der Waals surface area contributed by atoms with Gasteiger partial charge in [-0.25, -0.2) is 9.59 Å². The first-order valence-electron chi connectivity index (χ1n) is 13.1. The van der Waals surface area contributed by atoms with Crippen molar-refractivity contribution in [1.82, 2.24) is 0 Å². The molecule has 4 aromatic rings. The molecule has 206 valence electrons. The van der Waals surface area contributed by atoms with Gasteiger partial charge in [0.15, 0.2) is 0 Å². The maximum Gasteiger partial charge on any atom is 0.343 e. The second-order valence-corrected chi connectivity index (χ2v) is 9.08. The van der Waals surface area contributed by atoms with E-state index in [1.807, 2.05) is 0 Å². The Hall–Kier alpha value is -4.98. The zero-order chi connectivity index (χ0) is 28.2. The predicted octanol–water partition coefficient (Wildman–Crippen LogP) is 6.31. The molecule has 8 nitrogen and oxygen atoms in total. The molecule has 4 N–H and O–H groups in total. The summed E-state index contributed by atoms with van der Waals surface area (Å²) in [7, 11) is 0. The Morgan fingerprint density at radius 2 is 0.775 bits per heavy atom. The van der Waals surface area contributed by atoms with Gasteiger partial charge in [0.05, 0.1) is 24.3 Å². The van der Waals surface area contributed by atoms with Gasteiger partial charge in [0.25, 0.3) is 0 Å². The lowest BCUT2D eigenvalue weighted by atomic mass is 10.2. The van der Waals surface area contributed by atoms with Gasteiger partial charge in [0.2, 0.25) is 0 Å². The second-order valence-electron chi connectivity index (χ2n) is 9.08. The summed E-state index contributed by atoms with van der Waals surface area (Å²) in [5.74, 6) is 1.46. The average Bonchev–Trinajstić information content (AvgIpc) is 2.97. The number of nitrogen functional groups attached to an aromatic ring is 2. The van der Waals surface area contributed by atoms with Crippen LogP contribution in [0.15, 0.2) is 97.1 Å². The highest BCUT2D eigenvalue weighted by Crippen LogP contribution is 2.21. The van der Waals surface area contributed by atoms with E-state index in [0.717, 1.165) is 37.2 Å². The van der Waals surface area contributed by atoms with Gasteiger partial charge in [-0.1, -0.05) is 0 Å². The van der Waals surface area contributed by atoms with E-state index >= 15 is 0 Å². The summed E-state index contributed by atoms with van der Waals surface area (Å²) >= 11 is 0. The molecule has 0 aliphatic heterocycles. The smallest absolute Gasteiger partial charge is 0.343 e. The molecule has 4 rings (SSSR count). The Labute approximate surface area is 233 Å². The van der Waals surface area contributed by atoms with Crippen molar-refractivity contribution in [2.45, 2.75) is 25.7 Å². The van der Waals surface area contributed by atoms with Gasteiger partial charge in [0, 0.05) is 11.4 Å². The summed E-state index contributed by atoms with van der Waals surface area (Å²) < 4.78 is 22.3. The number of carbonyl (C=O) groups excluding carboxylic acids is 2. The fraction of sp³-hybridized carbons (Fsp3) is 0.188. The van der Waals surface area contributed by atoms with Gasteiger partial charge in [-0.15, -0.1) is 0 Å². The highest BCUT2D eigenvalue weighted by atomic mass is 16.5. The largest absolute Gasteiger partial charge is 0.494 e. The first kappa shape index (κ1) is 28.0. The molecule has 0 unspecified atom stereocenters. The van der Waals surface area contributed by atoms with E-state index < -0.39 is 11.9 Å². The number of hydrogen-bond acceptors (Lipinski definition) is 8. The second kappa shape index (κ2) is 14.2. The minimum Gasteiger partial charge on any atom is -0.494 e. The molecular weight excluding hydrogens is 508 g/mol. The SMILES string of the molecule is Nc1ccc(C(=O)Oc2ccc(OCCCCCCOc3ccc(OC(=O)c4ccc(N)cc4)cc3)cc2)cc1. The standard InChI is InChI=1S/C32H32N2O6/c33-25-9-5-23(6-10-25)31(35)39-29-17-13-27(14-18-29)37-21-3-1-2-4-22-38-28-15-19-30(20-16-28)40-32(36)24-7-11-26(34)12-8-24/h5-20H,1-4,21-22,33-34H2. The predicted molar refractivity (Wildman–Crippen MR) is 154 cm³/mol. The summed E-state index contributed by atoms with van der Waals surface area (Å²) in [5.41, 5.74) is 13.3. The molecule has 40 heavy (non-hydrogen) atoms. The summed E-state index contributed by atoms with van der Waals surface area (Å²) in [6.45, 7) is 1.20. The van der Waals surface area contributed by atoms with Crippen LogP contribution in [0, 0.1) is 0 Å². The van der Waals surface area contributed by atoms with Crippen LogP contribution < -0.4 is 30.4 Å². The number of ether oxygens (including phenoxy) is 4. The van der Waals surface area contributed by atoms with Gasteiger partial charge in [-0.2, -0.15) is 0 Å². The molecule has 0 fully saturated rings. The average molecular weight is 541 g/mol. The van der Waals surface area contributed by atoms with Crippen LogP contribution in [-0.2, 0) is 0 Å². The molecule has 0 saturated heterocycles. The lowest BCUT2D eigenvalue weighted by molar-refractivity contribution is 0.0725. The Balaban J connectivity index is 1.06. The van der Waals surface area contributed by atoms with E-state index in [-0.39, 0.29) is 0 Å². The van der Waals surface area contributed by atoms with Crippen LogP contribution in [0.2, 0.25) is 0 Å². The summed E-state index contributed by atoms with van der Waals surface area (Å²) in [4.78, 5) is 24.4. The maximum atomic E-state index is 12.2. The van der Waals surface area contributed by atoms with Crippen molar-refractivity contribution >= 4 is 23.3 Å². The normalized spacial score (nSPS) is 10.5. The topological polar surface area (TPSA) is 123 Å². The highest BCUT2D eigenvalue weighted by molar-refractivity contribution is 5.92. The van der Waals surface area contributed by atoms with Crippen molar-refractivity contribution < 1.29 is 28.5 Å². The minimum absolute atomic E-state index is 0.437. The van der Waals surface area contributed by atoms with Gasteiger partial charge in [-0.3, -0.25) is 0 Å². The van der Waals surface area contributed by atoms with Crippen molar-refractivity contribution in [3.63, 3.8) is 0 Å². The number of anilines is 2. The van der Waals surface area contributed by atoms with E-state index in [1.165, 1.54) is 0 Å². The Morgan fingerprint density at radius 3 is 1.12 bits per heavy atom. The number of nitrogens with two attached hydrogens (primary N) is 2.